The van der Waals surface area contributed by atoms with Crippen LogP contribution in [0, 0.1) is 6.92 Å². The summed E-state index contributed by atoms with van der Waals surface area (Å²) in [6.07, 6.45) is 5.09. The highest BCUT2D eigenvalue weighted by Crippen LogP contribution is 2.21. The van der Waals surface area contributed by atoms with E-state index in [1.165, 1.54) is 12.8 Å². The molecule has 2 heterocycles. The molecule has 1 atom stereocenters. The number of nitrogens with zero attached hydrogens (tertiary/aromatic N) is 2. The number of rotatable bonds is 4. The molecule has 1 unspecified atom stereocenters. The standard InChI is InChI=1S/C14H20N2O3/c1-10-6-7-15-13(12(10)14(17)18)19-9-11-5-3-4-8-16(11)2/h6-7,11H,3-5,8-9H2,1-2H3,(H,17,18). The zero-order valence-electron chi connectivity index (χ0n) is 11.4. The number of carbonyl (C=O) groups is 1. The van der Waals surface area contributed by atoms with Crippen molar-refractivity contribution >= 4 is 5.97 Å². The number of likely N-dealkylation sites (N-methyl/N-ethyl adjacent to an activating group) is 1. The van der Waals surface area contributed by atoms with Crippen LogP contribution in [0.3, 0.4) is 0 Å². The van der Waals surface area contributed by atoms with Gasteiger partial charge in [0.15, 0.2) is 0 Å². The van der Waals surface area contributed by atoms with Crippen molar-refractivity contribution < 1.29 is 14.6 Å². The number of aryl methyl sites for hydroxylation is 1. The van der Waals surface area contributed by atoms with Gasteiger partial charge >= 0.3 is 5.97 Å². The van der Waals surface area contributed by atoms with Gasteiger partial charge in [0, 0.05) is 12.2 Å². The van der Waals surface area contributed by atoms with E-state index in [0.717, 1.165) is 13.0 Å². The van der Waals surface area contributed by atoms with Crippen molar-refractivity contribution in [3.63, 3.8) is 0 Å². The number of aromatic carboxylic acids is 1. The molecular weight excluding hydrogens is 244 g/mol. The monoisotopic (exact) mass is 264 g/mol. The van der Waals surface area contributed by atoms with E-state index in [2.05, 4.69) is 16.9 Å². The largest absolute Gasteiger partial charge is 0.477 e. The van der Waals surface area contributed by atoms with Crippen molar-refractivity contribution in [1.82, 2.24) is 9.88 Å². The van der Waals surface area contributed by atoms with E-state index in [4.69, 9.17) is 4.74 Å². The molecule has 1 saturated heterocycles. The summed E-state index contributed by atoms with van der Waals surface area (Å²) in [5.41, 5.74) is 0.843. The highest BCUT2D eigenvalue weighted by atomic mass is 16.5. The van der Waals surface area contributed by atoms with Crippen molar-refractivity contribution in [2.45, 2.75) is 32.2 Å². The first-order chi connectivity index (χ1) is 9.09. The minimum Gasteiger partial charge on any atom is -0.477 e. The van der Waals surface area contributed by atoms with Crippen molar-refractivity contribution in [2.75, 3.05) is 20.2 Å². The quantitative estimate of drug-likeness (QED) is 0.900. The van der Waals surface area contributed by atoms with E-state index in [1.807, 2.05) is 0 Å². The Hall–Kier alpha value is -1.62. The van der Waals surface area contributed by atoms with Gasteiger partial charge in [0.2, 0.25) is 5.88 Å². The Balaban J connectivity index is 2.07. The number of pyridine rings is 1. The Morgan fingerprint density at radius 3 is 3.05 bits per heavy atom. The first-order valence-corrected chi connectivity index (χ1v) is 6.61. The number of carboxylic acids is 1. The fraction of sp³-hybridized carbons (Fsp3) is 0.571. The maximum atomic E-state index is 11.2. The van der Waals surface area contributed by atoms with Crippen molar-refractivity contribution in [1.29, 1.82) is 0 Å². The molecule has 2 rings (SSSR count). The van der Waals surface area contributed by atoms with Gasteiger partial charge < -0.3 is 14.7 Å². The van der Waals surface area contributed by atoms with E-state index in [0.29, 0.717) is 18.2 Å². The van der Waals surface area contributed by atoms with Crippen LogP contribution in [-0.2, 0) is 0 Å². The Kier molecular flexibility index (Phi) is 4.37. The van der Waals surface area contributed by atoms with Crippen LogP contribution in [0.4, 0.5) is 0 Å². The predicted molar refractivity (Wildman–Crippen MR) is 71.7 cm³/mol. The molecule has 1 aliphatic rings. The summed E-state index contributed by atoms with van der Waals surface area (Å²) >= 11 is 0. The van der Waals surface area contributed by atoms with Crippen LogP contribution in [0.2, 0.25) is 0 Å². The van der Waals surface area contributed by atoms with Gasteiger partial charge in [-0.2, -0.15) is 0 Å². The first kappa shape index (κ1) is 13.8. The number of likely N-dealkylation sites (tertiary alicyclic amines) is 1. The molecule has 0 aromatic carbocycles. The summed E-state index contributed by atoms with van der Waals surface area (Å²) in [4.78, 5) is 17.5. The molecule has 0 aliphatic carbocycles. The molecule has 19 heavy (non-hydrogen) atoms. The highest BCUT2D eigenvalue weighted by molar-refractivity contribution is 5.91. The Labute approximate surface area is 113 Å². The molecule has 1 aromatic heterocycles. The Morgan fingerprint density at radius 1 is 1.58 bits per heavy atom. The van der Waals surface area contributed by atoms with Crippen molar-refractivity contribution in [2.24, 2.45) is 0 Å². The number of hydrogen-bond acceptors (Lipinski definition) is 4. The summed E-state index contributed by atoms with van der Waals surface area (Å²) in [6.45, 7) is 3.32. The summed E-state index contributed by atoms with van der Waals surface area (Å²) in [6, 6.07) is 2.03. The number of ether oxygens (including phenoxy) is 1. The molecular formula is C14H20N2O3. The van der Waals surface area contributed by atoms with Crippen molar-refractivity contribution in [3.8, 4) is 5.88 Å². The van der Waals surface area contributed by atoms with Crippen LogP contribution >= 0.6 is 0 Å². The molecule has 0 amide bonds. The maximum absolute atomic E-state index is 11.2. The molecule has 1 aromatic rings. The smallest absolute Gasteiger partial charge is 0.341 e. The molecule has 104 valence electrons. The molecule has 0 radical (unpaired) electrons. The summed E-state index contributed by atoms with van der Waals surface area (Å²) in [5, 5.41) is 9.21. The second-order valence-corrected chi connectivity index (χ2v) is 5.05. The lowest BCUT2D eigenvalue weighted by Crippen LogP contribution is -2.40. The summed E-state index contributed by atoms with van der Waals surface area (Å²) in [7, 11) is 2.08. The zero-order chi connectivity index (χ0) is 13.8. The van der Waals surface area contributed by atoms with Crippen LogP contribution in [0.25, 0.3) is 0 Å². The number of aromatic nitrogens is 1. The van der Waals surface area contributed by atoms with Gasteiger partial charge in [0.1, 0.15) is 12.2 Å². The Morgan fingerprint density at radius 2 is 2.37 bits per heavy atom. The fourth-order valence-corrected chi connectivity index (χ4v) is 2.43. The fourth-order valence-electron chi connectivity index (χ4n) is 2.43. The third-order valence-electron chi connectivity index (χ3n) is 3.67. The van der Waals surface area contributed by atoms with Crippen LogP contribution in [0.5, 0.6) is 5.88 Å². The zero-order valence-corrected chi connectivity index (χ0v) is 11.4. The maximum Gasteiger partial charge on any atom is 0.341 e. The van der Waals surface area contributed by atoms with E-state index >= 15 is 0 Å². The molecule has 1 N–H and O–H groups in total. The number of hydrogen-bond donors (Lipinski definition) is 1. The van der Waals surface area contributed by atoms with Gasteiger partial charge in [-0.05, 0) is 45.0 Å². The van der Waals surface area contributed by atoms with Crippen LogP contribution in [0.15, 0.2) is 12.3 Å². The number of carboxylic acid groups (broad SMARTS) is 1. The normalized spacial score (nSPS) is 20.2. The summed E-state index contributed by atoms with van der Waals surface area (Å²) in [5.74, 6) is -0.760. The lowest BCUT2D eigenvalue weighted by molar-refractivity contribution is 0.0685. The van der Waals surface area contributed by atoms with Crippen LogP contribution in [-0.4, -0.2) is 47.2 Å². The third-order valence-corrected chi connectivity index (χ3v) is 3.67. The Bertz CT molecular complexity index is 462. The minimum atomic E-state index is -0.988. The average Bonchev–Trinajstić information content (AvgIpc) is 2.37. The SMILES string of the molecule is Cc1ccnc(OCC2CCCCN2C)c1C(=O)O. The minimum absolute atomic E-state index is 0.168. The van der Waals surface area contributed by atoms with Crippen molar-refractivity contribution in [3.05, 3.63) is 23.4 Å². The van der Waals surface area contributed by atoms with Gasteiger partial charge in [0.25, 0.3) is 0 Å². The highest BCUT2D eigenvalue weighted by Gasteiger charge is 2.21. The lowest BCUT2D eigenvalue weighted by atomic mass is 10.0. The second kappa shape index (κ2) is 6.02. The molecule has 0 bridgehead atoms. The molecule has 1 fully saturated rings. The van der Waals surface area contributed by atoms with Crippen LogP contribution < -0.4 is 4.74 Å². The summed E-state index contributed by atoms with van der Waals surface area (Å²) < 4.78 is 5.66. The predicted octanol–water partition coefficient (Wildman–Crippen LogP) is 1.95. The van der Waals surface area contributed by atoms with E-state index in [9.17, 15) is 9.90 Å². The molecule has 5 nitrogen and oxygen atoms in total. The van der Waals surface area contributed by atoms with E-state index in [-0.39, 0.29) is 11.4 Å². The van der Waals surface area contributed by atoms with Gasteiger partial charge in [-0.15, -0.1) is 0 Å². The van der Waals surface area contributed by atoms with Crippen LogP contribution in [0.1, 0.15) is 35.2 Å². The first-order valence-electron chi connectivity index (χ1n) is 6.61. The van der Waals surface area contributed by atoms with Gasteiger partial charge in [-0.25, -0.2) is 9.78 Å². The van der Waals surface area contributed by atoms with E-state index < -0.39 is 5.97 Å². The topological polar surface area (TPSA) is 62.7 Å². The molecule has 0 spiro atoms. The molecule has 1 aliphatic heterocycles. The third kappa shape index (κ3) is 3.23. The van der Waals surface area contributed by atoms with Gasteiger partial charge in [-0.3, -0.25) is 0 Å². The van der Waals surface area contributed by atoms with Gasteiger partial charge in [-0.1, -0.05) is 6.42 Å². The molecule has 0 saturated carbocycles. The lowest BCUT2D eigenvalue weighted by Gasteiger charge is -2.32. The number of piperidine rings is 1. The second-order valence-electron chi connectivity index (χ2n) is 5.05. The van der Waals surface area contributed by atoms with E-state index in [1.54, 1.807) is 19.2 Å². The molecule has 5 heteroatoms. The average molecular weight is 264 g/mol. The van der Waals surface area contributed by atoms with Gasteiger partial charge in [0.05, 0.1) is 0 Å².